The molecule has 1 saturated heterocycles. The van der Waals surface area contributed by atoms with Crippen molar-refractivity contribution in [3.8, 4) is 11.3 Å². The van der Waals surface area contributed by atoms with Crippen LogP contribution in [0.2, 0.25) is 5.02 Å². The number of carbonyl (C=O) groups is 1. The number of hydrogen-bond donors (Lipinski definition) is 1. The number of aromatic nitrogens is 1. The van der Waals surface area contributed by atoms with Gasteiger partial charge in [-0.2, -0.15) is 13.2 Å². The minimum Gasteiger partial charge on any atom is -0.365 e. The molecule has 2 heterocycles. The summed E-state index contributed by atoms with van der Waals surface area (Å²) in [7, 11) is 0. The van der Waals surface area contributed by atoms with Crippen LogP contribution in [0.5, 0.6) is 0 Å². The average molecular weight is 387 g/mol. The number of nitrogens with one attached hydrogen (secondary N) is 1. The number of halogens is 4. The van der Waals surface area contributed by atoms with Crippen LogP contribution in [-0.4, -0.2) is 47.8 Å². The molecule has 1 aliphatic rings. The normalized spacial score (nSPS) is 18.2. The van der Waals surface area contributed by atoms with Crippen LogP contribution < -0.4 is 0 Å². The van der Waals surface area contributed by atoms with Gasteiger partial charge in [-0.15, -0.1) is 0 Å². The number of alkyl halides is 3. The van der Waals surface area contributed by atoms with E-state index in [4.69, 9.17) is 16.3 Å². The maximum atomic E-state index is 12.7. The summed E-state index contributed by atoms with van der Waals surface area (Å²) in [6, 6.07) is 11.1. The zero-order chi connectivity index (χ0) is 18.7. The van der Waals surface area contributed by atoms with Crippen LogP contribution in [0.15, 0.2) is 36.4 Å². The highest BCUT2D eigenvalue weighted by atomic mass is 35.5. The molecular weight excluding hydrogens is 369 g/mol. The summed E-state index contributed by atoms with van der Waals surface area (Å²) in [5.74, 6) is -0.301. The molecule has 2 aromatic rings. The van der Waals surface area contributed by atoms with Crippen molar-refractivity contribution in [3.63, 3.8) is 0 Å². The highest BCUT2D eigenvalue weighted by Crippen LogP contribution is 2.26. The highest BCUT2D eigenvalue weighted by molar-refractivity contribution is 6.30. The van der Waals surface area contributed by atoms with Crippen LogP contribution in [0, 0.1) is 0 Å². The van der Waals surface area contributed by atoms with Gasteiger partial charge in [0.25, 0.3) is 0 Å². The summed E-state index contributed by atoms with van der Waals surface area (Å²) in [5, 5.41) is 0.647. The van der Waals surface area contributed by atoms with Gasteiger partial charge in [0.1, 0.15) is 0 Å². The Morgan fingerprint density at radius 3 is 2.65 bits per heavy atom. The second-order valence-electron chi connectivity index (χ2n) is 6.14. The molecule has 0 bridgehead atoms. The Morgan fingerprint density at radius 1 is 1.23 bits per heavy atom. The van der Waals surface area contributed by atoms with E-state index in [0.29, 0.717) is 11.4 Å². The van der Waals surface area contributed by atoms with E-state index in [1.165, 1.54) is 4.90 Å². The average Bonchev–Trinajstić information content (AvgIpc) is 3.08. The Balaban J connectivity index is 1.56. The van der Waals surface area contributed by atoms with Gasteiger partial charge in [-0.3, -0.25) is 4.79 Å². The first-order chi connectivity index (χ1) is 12.3. The van der Waals surface area contributed by atoms with E-state index in [9.17, 15) is 18.0 Å². The number of amides is 1. The smallest absolute Gasteiger partial charge is 0.365 e. The number of ether oxygens (including phenoxy) is 1. The van der Waals surface area contributed by atoms with Gasteiger partial charge in [-0.05, 0) is 36.2 Å². The fraction of sp³-hybridized carbons (Fsp3) is 0.389. The fourth-order valence-electron chi connectivity index (χ4n) is 2.86. The van der Waals surface area contributed by atoms with E-state index < -0.39 is 18.8 Å². The van der Waals surface area contributed by atoms with Crippen molar-refractivity contribution in [1.29, 1.82) is 0 Å². The summed E-state index contributed by atoms with van der Waals surface area (Å²) in [5.41, 5.74) is 2.71. The van der Waals surface area contributed by atoms with Crippen LogP contribution in [0.4, 0.5) is 13.2 Å². The standard InChI is InChI=1S/C18H18ClF3N2O2/c19-13-3-1-12(2-4-13)15-7-5-14(23-15)6-8-17(25)24-9-10-26-16(11-24)18(20,21)22/h1-5,7,16,23H,6,8-11H2/t16-/m1/s1. The molecule has 3 rings (SSSR count). The first-order valence-electron chi connectivity index (χ1n) is 8.23. The van der Waals surface area contributed by atoms with E-state index >= 15 is 0 Å². The maximum absolute atomic E-state index is 12.7. The van der Waals surface area contributed by atoms with Crippen molar-refractivity contribution in [2.45, 2.75) is 25.1 Å². The predicted octanol–water partition coefficient (Wildman–Crippen LogP) is 4.06. The molecule has 1 aromatic carbocycles. The number of hydrogen-bond acceptors (Lipinski definition) is 2. The second-order valence-corrected chi connectivity index (χ2v) is 6.58. The summed E-state index contributed by atoms with van der Waals surface area (Å²) in [6.45, 7) is -0.353. The van der Waals surface area contributed by atoms with Gasteiger partial charge < -0.3 is 14.6 Å². The first kappa shape index (κ1) is 18.8. The lowest BCUT2D eigenvalue weighted by atomic mass is 10.2. The number of nitrogens with zero attached hydrogens (tertiary/aromatic N) is 1. The lowest BCUT2D eigenvalue weighted by molar-refractivity contribution is -0.236. The minimum absolute atomic E-state index is 0.0981. The van der Waals surface area contributed by atoms with E-state index in [0.717, 1.165) is 17.0 Å². The summed E-state index contributed by atoms with van der Waals surface area (Å²) >= 11 is 5.87. The zero-order valence-corrected chi connectivity index (χ0v) is 14.6. The predicted molar refractivity (Wildman–Crippen MR) is 91.9 cm³/mol. The molecule has 0 spiro atoms. The lowest BCUT2D eigenvalue weighted by Gasteiger charge is -2.33. The van der Waals surface area contributed by atoms with Crippen molar-refractivity contribution >= 4 is 17.5 Å². The number of benzene rings is 1. The fourth-order valence-corrected chi connectivity index (χ4v) is 2.98. The lowest BCUT2D eigenvalue weighted by Crippen LogP contribution is -2.51. The van der Waals surface area contributed by atoms with Crippen molar-refractivity contribution < 1.29 is 22.7 Å². The molecule has 1 aromatic heterocycles. The molecule has 1 fully saturated rings. The van der Waals surface area contributed by atoms with Crippen molar-refractivity contribution in [1.82, 2.24) is 9.88 Å². The monoisotopic (exact) mass is 386 g/mol. The van der Waals surface area contributed by atoms with Gasteiger partial charge in [0, 0.05) is 29.4 Å². The molecule has 0 unspecified atom stereocenters. The van der Waals surface area contributed by atoms with Crippen molar-refractivity contribution in [2.75, 3.05) is 19.7 Å². The van der Waals surface area contributed by atoms with Crippen LogP contribution >= 0.6 is 11.6 Å². The van der Waals surface area contributed by atoms with Crippen molar-refractivity contribution in [3.05, 3.63) is 47.1 Å². The van der Waals surface area contributed by atoms with Gasteiger partial charge in [-0.1, -0.05) is 23.7 Å². The number of aryl methyl sites for hydroxylation is 1. The first-order valence-corrected chi connectivity index (χ1v) is 8.60. The largest absolute Gasteiger partial charge is 0.416 e. The third-order valence-electron chi connectivity index (χ3n) is 4.29. The Morgan fingerprint density at radius 2 is 1.96 bits per heavy atom. The van der Waals surface area contributed by atoms with Crippen LogP contribution in [0.25, 0.3) is 11.3 Å². The van der Waals surface area contributed by atoms with Crippen LogP contribution in [0.3, 0.4) is 0 Å². The molecule has 26 heavy (non-hydrogen) atoms. The molecule has 4 nitrogen and oxygen atoms in total. The number of aromatic amines is 1. The number of carbonyl (C=O) groups excluding carboxylic acids is 1. The maximum Gasteiger partial charge on any atom is 0.416 e. The molecule has 0 aliphatic carbocycles. The summed E-state index contributed by atoms with van der Waals surface area (Å²) < 4.78 is 42.9. The summed E-state index contributed by atoms with van der Waals surface area (Å²) in [4.78, 5) is 16.7. The third-order valence-corrected chi connectivity index (χ3v) is 4.55. The Bertz CT molecular complexity index is 759. The molecule has 1 amide bonds. The molecular formula is C18H18ClF3N2O2. The van der Waals surface area contributed by atoms with Crippen molar-refractivity contribution in [2.24, 2.45) is 0 Å². The number of H-pyrrole nitrogens is 1. The highest BCUT2D eigenvalue weighted by Gasteiger charge is 2.44. The van der Waals surface area contributed by atoms with Gasteiger partial charge in [0.15, 0.2) is 6.10 Å². The van der Waals surface area contributed by atoms with Crippen LogP contribution in [0.1, 0.15) is 12.1 Å². The van der Waals surface area contributed by atoms with Gasteiger partial charge >= 0.3 is 6.18 Å². The third kappa shape index (κ3) is 4.59. The molecule has 1 N–H and O–H groups in total. The summed E-state index contributed by atoms with van der Waals surface area (Å²) in [6.07, 6.45) is -5.78. The van der Waals surface area contributed by atoms with Gasteiger partial charge in [-0.25, -0.2) is 0 Å². The SMILES string of the molecule is O=C(CCc1ccc(-c2ccc(Cl)cc2)[nH]1)N1CCO[C@@H](C(F)(F)F)C1. The van der Waals surface area contributed by atoms with E-state index in [1.807, 2.05) is 24.3 Å². The molecule has 1 aliphatic heterocycles. The number of rotatable bonds is 4. The number of morpholine rings is 1. The zero-order valence-electron chi connectivity index (χ0n) is 13.9. The quantitative estimate of drug-likeness (QED) is 0.861. The molecule has 0 saturated carbocycles. The van der Waals surface area contributed by atoms with Gasteiger partial charge in [0.05, 0.1) is 13.2 Å². The Kier molecular flexibility index (Phi) is 5.58. The molecule has 1 atom stereocenters. The molecule has 0 radical (unpaired) electrons. The Hall–Kier alpha value is -1.99. The topological polar surface area (TPSA) is 45.3 Å². The second kappa shape index (κ2) is 7.72. The van der Waals surface area contributed by atoms with Gasteiger partial charge in [0.2, 0.25) is 5.91 Å². The van der Waals surface area contributed by atoms with E-state index in [1.54, 1.807) is 12.1 Å². The van der Waals surface area contributed by atoms with E-state index in [2.05, 4.69) is 4.98 Å². The molecule has 140 valence electrons. The molecule has 8 heteroatoms. The Labute approximate surface area is 153 Å². The minimum atomic E-state index is -4.45. The van der Waals surface area contributed by atoms with E-state index in [-0.39, 0.29) is 25.5 Å². The van der Waals surface area contributed by atoms with Crippen LogP contribution in [-0.2, 0) is 16.0 Å².